The Bertz CT molecular complexity index is 1180. The Balaban J connectivity index is 1.64. The van der Waals surface area contributed by atoms with Crippen molar-refractivity contribution in [1.29, 1.82) is 0 Å². The van der Waals surface area contributed by atoms with E-state index in [9.17, 15) is 9.59 Å². The summed E-state index contributed by atoms with van der Waals surface area (Å²) in [5.74, 6) is 0.129. The van der Waals surface area contributed by atoms with Gasteiger partial charge in [0.15, 0.2) is 11.6 Å². The van der Waals surface area contributed by atoms with E-state index in [1.165, 1.54) is 0 Å². The van der Waals surface area contributed by atoms with Gasteiger partial charge in [-0.25, -0.2) is 0 Å². The maximum atomic E-state index is 14.2. The summed E-state index contributed by atoms with van der Waals surface area (Å²) in [6.07, 6.45) is 1.22. The average molecular weight is 499 g/mol. The molecule has 1 unspecified atom stereocenters. The van der Waals surface area contributed by atoms with Crippen LogP contribution in [0.4, 0.5) is 5.69 Å². The van der Waals surface area contributed by atoms with Crippen LogP contribution in [0.5, 0.6) is 0 Å². The number of likely N-dealkylation sites (N-methyl/N-ethyl adjacent to an activating group) is 1. The minimum absolute atomic E-state index is 0.00239. The van der Waals surface area contributed by atoms with Gasteiger partial charge in [0.1, 0.15) is 0 Å². The molecule has 0 bridgehead atoms. The third-order valence-corrected chi connectivity index (χ3v) is 7.60. The molecule has 3 aromatic carbocycles. The van der Waals surface area contributed by atoms with Gasteiger partial charge in [-0.3, -0.25) is 14.5 Å². The Morgan fingerprint density at radius 3 is 2.08 bits per heavy atom. The van der Waals surface area contributed by atoms with Crippen LogP contribution in [0, 0.1) is 0 Å². The summed E-state index contributed by atoms with van der Waals surface area (Å²) < 4.78 is 5.48. The van der Waals surface area contributed by atoms with Crippen molar-refractivity contribution in [3.05, 3.63) is 101 Å². The van der Waals surface area contributed by atoms with Crippen LogP contribution in [0.2, 0.25) is 0 Å². The van der Waals surface area contributed by atoms with E-state index >= 15 is 0 Å². The number of carbonyl (C=O) groups excluding carboxylic acids is 2. The van der Waals surface area contributed by atoms with Crippen LogP contribution in [0.15, 0.2) is 78.9 Å². The summed E-state index contributed by atoms with van der Waals surface area (Å²) in [4.78, 5) is 31.9. The van der Waals surface area contributed by atoms with E-state index in [1.54, 1.807) is 0 Å². The lowest BCUT2D eigenvalue weighted by molar-refractivity contribution is 0.0548. The first-order valence-corrected chi connectivity index (χ1v) is 13.4. The van der Waals surface area contributed by atoms with E-state index in [-0.39, 0.29) is 11.6 Å². The zero-order valence-corrected chi connectivity index (χ0v) is 22.3. The molecule has 1 atom stereocenters. The Morgan fingerprint density at radius 2 is 1.46 bits per heavy atom. The van der Waals surface area contributed by atoms with Crippen LogP contribution < -0.4 is 4.90 Å². The van der Waals surface area contributed by atoms with E-state index in [0.29, 0.717) is 24.0 Å². The molecule has 0 aromatic heterocycles. The quantitative estimate of drug-likeness (QED) is 0.319. The minimum atomic E-state index is -0.696. The highest BCUT2D eigenvalue weighted by molar-refractivity contribution is 6.09. The number of carbonyl (C=O) groups is 2. The van der Waals surface area contributed by atoms with E-state index in [0.717, 1.165) is 56.2 Å². The molecule has 5 nitrogen and oxygen atoms in total. The van der Waals surface area contributed by atoms with Gasteiger partial charge in [0, 0.05) is 35.5 Å². The molecule has 0 N–H and O–H groups in total. The number of Topliss-reactive ketones (excluding diaryl/α,β-unsaturated/α-hetero) is 1. The van der Waals surface area contributed by atoms with Gasteiger partial charge in [-0.1, -0.05) is 69.3 Å². The van der Waals surface area contributed by atoms with Gasteiger partial charge in [-0.2, -0.15) is 0 Å². The van der Waals surface area contributed by atoms with E-state index in [4.69, 9.17) is 4.74 Å². The molecule has 1 aliphatic heterocycles. The predicted octanol–water partition coefficient (Wildman–Crippen LogP) is 5.67. The fourth-order valence-electron chi connectivity index (χ4n) is 5.50. The number of rotatable bonds is 11. The summed E-state index contributed by atoms with van der Waals surface area (Å²) >= 11 is 0. The normalized spacial score (nSPS) is 15.4. The molecule has 0 spiro atoms. The first-order chi connectivity index (χ1) is 18.0. The predicted molar refractivity (Wildman–Crippen MR) is 150 cm³/mol. The molecule has 0 radical (unpaired) electrons. The van der Waals surface area contributed by atoms with E-state index < -0.39 is 5.54 Å². The van der Waals surface area contributed by atoms with Crippen LogP contribution in [-0.2, 0) is 11.2 Å². The van der Waals surface area contributed by atoms with Crippen LogP contribution in [0.1, 0.15) is 59.0 Å². The summed E-state index contributed by atoms with van der Waals surface area (Å²) in [6.45, 7) is 11.0. The maximum absolute atomic E-state index is 14.2. The zero-order valence-electron chi connectivity index (χ0n) is 22.3. The van der Waals surface area contributed by atoms with Crippen LogP contribution in [0.3, 0.4) is 0 Å². The van der Waals surface area contributed by atoms with Crippen LogP contribution in [0.25, 0.3) is 0 Å². The maximum Gasteiger partial charge on any atom is 0.193 e. The first kappa shape index (κ1) is 26.8. The number of morpholine rings is 1. The third kappa shape index (κ3) is 5.84. The van der Waals surface area contributed by atoms with Gasteiger partial charge in [0.05, 0.1) is 18.8 Å². The molecule has 1 aliphatic rings. The van der Waals surface area contributed by atoms with Gasteiger partial charge in [-0.15, -0.1) is 0 Å². The van der Waals surface area contributed by atoms with E-state index in [2.05, 4.69) is 42.7 Å². The number of hydrogen-bond acceptors (Lipinski definition) is 5. The van der Waals surface area contributed by atoms with Crippen molar-refractivity contribution in [1.82, 2.24) is 4.90 Å². The van der Waals surface area contributed by atoms with Crippen molar-refractivity contribution in [3.63, 3.8) is 0 Å². The number of nitrogens with zero attached hydrogens (tertiary/aromatic N) is 2. The molecule has 37 heavy (non-hydrogen) atoms. The molecular weight excluding hydrogens is 460 g/mol. The largest absolute Gasteiger partial charge is 0.378 e. The third-order valence-electron chi connectivity index (χ3n) is 7.60. The van der Waals surface area contributed by atoms with Gasteiger partial charge in [0.25, 0.3) is 0 Å². The Kier molecular flexibility index (Phi) is 8.91. The van der Waals surface area contributed by atoms with Gasteiger partial charge in [0.2, 0.25) is 0 Å². The monoisotopic (exact) mass is 498 g/mol. The van der Waals surface area contributed by atoms with Crippen molar-refractivity contribution >= 4 is 17.3 Å². The first-order valence-electron chi connectivity index (χ1n) is 13.4. The highest BCUT2D eigenvalue weighted by Gasteiger charge is 2.41. The summed E-state index contributed by atoms with van der Waals surface area (Å²) in [5.41, 5.74) is 3.46. The molecule has 0 amide bonds. The topological polar surface area (TPSA) is 49.9 Å². The summed E-state index contributed by atoms with van der Waals surface area (Å²) in [5, 5.41) is 0. The number of benzene rings is 3. The standard InChI is InChI=1S/C32H38N2O3/c1-4-32(34(5-2)6-3,31(36)27-15-17-29(18-16-27)33-19-21-37-22-20-33)24-25-11-10-14-28(23-25)30(35)26-12-8-7-9-13-26/h7-18,23H,4-6,19-22,24H2,1-3H3. The fraction of sp³-hybridized carbons (Fsp3) is 0.375. The second-order valence-electron chi connectivity index (χ2n) is 9.61. The highest BCUT2D eigenvalue weighted by Crippen LogP contribution is 2.31. The Morgan fingerprint density at radius 1 is 0.811 bits per heavy atom. The van der Waals surface area contributed by atoms with Crippen molar-refractivity contribution in [2.75, 3.05) is 44.3 Å². The Hall–Kier alpha value is -3.28. The number of ether oxygens (including phenoxy) is 1. The molecular formula is C32H38N2O3. The van der Waals surface area contributed by atoms with Crippen molar-refractivity contribution in [2.45, 2.75) is 39.2 Å². The number of anilines is 1. The SMILES string of the molecule is CCN(CC)C(CC)(Cc1cccc(C(=O)c2ccccc2)c1)C(=O)c1ccc(N2CCOCC2)cc1. The molecule has 3 aromatic rings. The molecule has 1 saturated heterocycles. The fourth-order valence-corrected chi connectivity index (χ4v) is 5.50. The van der Waals surface area contributed by atoms with Gasteiger partial charge >= 0.3 is 0 Å². The zero-order chi connectivity index (χ0) is 26.3. The smallest absolute Gasteiger partial charge is 0.193 e. The van der Waals surface area contributed by atoms with Crippen molar-refractivity contribution < 1.29 is 14.3 Å². The van der Waals surface area contributed by atoms with Gasteiger partial charge in [-0.05, 0) is 61.8 Å². The second-order valence-corrected chi connectivity index (χ2v) is 9.61. The number of hydrogen-bond donors (Lipinski definition) is 0. The molecule has 1 fully saturated rings. The molecule has 194 valence electrons. The minimum Gasteiger partial charge on any atom is -0.378 e. The Labute approximate surface area is 221 Å². The lowest BCUT2D eigenvalue weighted by Gasteiger charge is -2.42. The molecule has 1 heterocycles. The number of ketones is 2. The highest BCUT2D eigenvalue weighted by atomic mass is 16.5. The van der Waals surface area contributed by atoms with E-state index in [1.807, 2.05) is 66.7 Å². The van der Waals surface area contributed by atoms with Gasteiger partial charge < -0.3 is 9.64 Å². The average Bonchev–Trinajstić information content (AvgIpc) is 2.97. The van der Waals surface area contributed by atoms with Crippen LogP contribution in [-0.4, -0.2) is 61.4 Å². The van der Waals surface area contributed by atoms with Crippen molar-refractivity contribution in [3.8, 4) is 0 Å². The molecule has 4 rings (SSSR count). The molecule has 0 aliphatic carbocycles. The molecule has 5 heteroatoms. The molecule has 0 saturated carbocycles. The summed E-state index contributed by atoms with van der Waals surface area (Å²) in [7, 11) is 0. The van der Waals surface area contributed by atoms with Crippen molar-refractivity contribution in [2.24, 2.45) is 0 Å². The lowest BCUT2D eigenvalue weighted by atomic mass is 9.79. The van der Waals surface area contributed by atoms with Crippen LogP contribution >= 0.6 is 0 Å². The lowest BCUT2D eigenvalue weighted by Crippen LogP contribution is -2.55. The second kappa shape index (κ2) is 12.3. The summed E-state index contributed by atoms with van der Waals surface area (Å²) in [6, 6.07) is 25.2.